The van der Waals surface area contributed by atoms with Crippen LogP contribution in [0.3, 0.4) is 0 Å². The zero-order chi connectivity index (χ0) is 12.1. The lowest BCUT2D eigenvalue weighted by atomic mass is 10.2. The van der Waals surface area contributed by atoms with Gasteiger partial charge in [-0.1, -0.05) is 5.11 Å². The number of aromatic nitrogens is 2. The lowest BCUT2D eigenvalue weighted by Crippen LogP contribution is -2.05. The first-order valence-corrected chi connectivity index (χ1v) is 5.95. The van der Waals surface area contributed by atoms with Crippen molar-refractivity contribution in [1.29, 1.82) is 0 Å². The highest BCUT2D eigenvalue weighted by atomic mass is 32.1. The highest BCUT2D eigenvalue weighted by Crippen LogP contribution is 2.22. The van der Waals surface area contributed by atoms with Crippen LogP contribution in [0.2, 0.25) is 0 Å². The lowest BCUT2D eigenvalue weighted by molar-refractivity contribution is 0.420. The molecule has 0 saturated heterocycles. The average molecular weight is 251 g/mol. The Balaban J connectivity index is 2.33. The summed E-state index contributed by atoms with van der Waals surface area (Å²) < 4.78 is 13.9. The van der Waals surface area contributed by atoms with Gasteiger partial charge in [0.25, 0.3) is 0 Å². The molecule has 7 heteroatoms. The molecule has 0 atom stereocenters. The van der Waals surface area contributed by atoms with E-state index in [0.29, 0.717) is 0 Å². The summed E-state index contributed by atoms with van der Waals surface area (Å²) in [5.41, 5.74) is 10.8. The van der Waals surface area contributed by atoms with Gasteiger partial charge in [-0.2, -0.15) is 16.4 Å². The van der Waals surface area contributed by atoms with Gasteiger partial charge in [-0.15, -0.1) is 0 Å². The van der Waals surface area contributed by atoms with E-state index >= 15 is 0 Å². The first kappa shape index (κ1) is 11.6. The predicted octanol–water partition coefficient (Wildman–Crippen LogP) is 3.39. The van der Waals surface area contributed by atoms with E-state index in [1.807, 2.05) is 22.9 Å². The average Bonchev–Trinajstić information content (AvgIpc) is 2.95. The van der Waals surface area contributed by atoms with E-state index in [9.17, 15) is 4.39 Å². The smallest absolute Gasteiger partial charge is 0.109 e. The Hall–Kier alpha value is -1.85. The molecule has 2 rings (SSSR count). The minimum absolute atomic E-state index is 0.181. The standard InChI is InChI=1S/C10H10FN5S/c11-2-3-16-9(6-13-15-12)5-10(14-16)8-1-4-17-7-8/h1,4-5,7H,2-3,6H2. The van der Waals surface area contributed by atoms with Crippen molar-refractivity contribution >= 4 is 11.3 Å². The van der Waals surface area contributed by atoms with Crippen LogP contribution in [0.1, 0.15) is 5.69 Å². The fourth-order valence-corrected chi connectivity index (χ4v) is 2.16. The molecule has 88 valence electrons. The van der Waals surface area contributed by atoms with Gasteiger partial charge in [0, 0.05) is 21.5 Å². The summed E-state index contributed by atoms with van der Waals surface area (Å²) in [6.45, 7) is -0.123. The molecule has 0 aliphatic carbocycles. The minimum Gasteiger partial charge on any atom is -0.266 e. The summed E-state index contributed by atoms with van der Waals surface area (Å²) in [4.78, 5) is 2.70. The Bertz CT molecular complexity index is 527. The van der Waals surface area contributed by atoms with Crippen molar-refractivity contribution in [1.82, 2.24) is 9.78 Å². The Kier molecular flexibility index (Phi) is 3.74. The van der Waals surface area contributed by atoms with Gasteiger partial charge in [-0.3, -0.25) is 4.68 Å². The second kappa shape index (κ2) is 5.47. The van der Waals surface area contributed by atoms with Gasteiger partial charge in [0.1, 0.15) is 6.67 Å². The number of azide groups is 1. The van der Waals surface area contributed by atoms with Crippen molar-refractivity contribution in [3.63, 3.8) is 0 Å². The molecule has 2 heterocycles. The molecule has 2 aromatic rings. The van der Waals surface area contributed by atoms with Crippen molar-refractivity contribution in [3.8, 4) is 11.3 Å². The number of hydrogen-bond donors (Lipinski definition) is 0. The molecule has 2 aromatic heterocycles. The predicted molar refractivity (Wildman–Crippen MR) is 64.4 cm³/mol. The molecule has 5 nitrogen and oxygen atoms in total. The van der Waals surface area contributed by atoms with Crippen LogP contribution in [0, 0.1) is 0 Å². The van der Waals surface area contributed by atoms with Crippen LogP contribution in [-0.4, -0.2) is 16.5 Å². The third kappa shape index (κ3) is 2.64. The van der Waals surface area contributed by atoms with Crippen molar-refractivity contribution < 1.29 is 4.39 Å². The molecular weight excluding hydrogens is 241 g/mol. The van der Waals surface area contributed by atoms with Crippen LogP contribution < -0.4 is 0 Å². The largest absolute Gasteiger partial charge is 0.266 e. The maximum Gasteiger partial charge on any atom is 0.109 e. The molecule has 0 N–H and O–H groups in total. The van der Waals surface area contributed by atoms with E-state index in [2.05, 4.69) is 15.1 Å². The van der Waals surface area contributed by atoms with Crippen LogP contribution in [0.15, 0.2) is 28.0 Å². The Morgan fingerprint density at radius 3 is 3.12 bits per heavy atom. The summed E-state index contributed by atoms with van der Waals surface area (Å²) >= 11 is 1.58. The second-order valence-electron chi connectivity index (χ2n) is 3.33. The topological polar surface area (TPSA) is 66.6 Å². The van der Waals surface area contributed by atoms with Crippen molar-refractivity contribution in [2.24, 2.45) is 5.11 Å². The van der Waals surface area contributed by atoms with Crippen LogP contribution in [0.5, 0.6) is 0 Å². The molecule has 0 saturated carbocycles. The fraction of sp³-hybridized carbons (Fsp3) is 0.300. The molecule has 0 aliphatic rings. The number of halogens is 1. The molecule has 17 heavy (non-hydrogen) atoms. The highest BCUT2D eigenvalue weighted by Gasteiger charge is 2.09. The number of hydrogen-bond acceptors (Lipinski definition) is 3. The molecule has 0 amide bonds. The number of nitrogens with zero attached hydrogens (tertiary/aromatic N) is 5. The van der Waals surface area contributed by atoms with E-state index in [1.165, 1.54) is 0 Å². The van der Waals surface area contributed by atoms with Gasteiger partial charge in [0.2, 0.25) is 0 Å². The van der Waals surface area contributed by atoms with Crippen LogP contribution >= 0.6 is 11.3 Å². The van der Waals surface area contributed by atoms with Crippen LogP contribution in [-0.2, 0) is 13.1 Å². The first-order valence-electron chi connectivity index (χ1n) is 5.01. The fourth-order valence-electron chi connectivity index (χ4n) is 1.51. The van der Waals surface area contributed by atoms with E-state index < -0.39 is 6.67 Å². The number of rotatable bonds is 5. The van der Waals surface area contributed by atoms with Gasteiger partial charge < -0.3 is 0 Å². The normalized spacial score (nSPS) is 10.2. The van der Waals surface area contributed by atoms with Gasteiger partial charge in [-0.25, -0.2) is 4.39 Å². The van der Waals surface area contributed by atoms with Crippen molar-refractivity contribution in [3.05, 3.63) is 39.0 Å². The number of thiophene rings is 1. The van der Waals surface area contributed by atoms with E-state index in [4.69, 9.17) is 5.53 Å². The SMILES string of the molecule is [N-]=[N+]=NCc1cc(-c2ccsc2)nn1CCF. The third-order valence-corrected chi connectivity index (χ3v) is 2.96. The van der Waals surface area contributed by atoms with Gasteiger partial charge >= 0.3 is 0 Å². The van der Waals surface area contributed by atoms with E-state index in [0.717, 1.165) is 17.0 Å². The third-order valence-electron chi connectivity index (χ3n) is 2.27. The molecule has 0 spiro atoms. The Labute approximate surface area is 101 Å². The molecule has 0 radical (unpaired) electrons. The summed E-state index contributed by atoms with van der Waals surface area (Å²) in [6, 6.07) is 3.77. The molecular formula is C10H10FN5S. The monoisotopic (exact) mass is 251 g/mol. The molecule has 0 unspecified atom stereocenters. The van der Waals surface area contributed by atoms with Crippen molar-refractivity contribution in [2.75, 3.05) is 6.67 Å². The quantitative estimate of drug-likeness (QED) is 0.456. The summed E-state index contributed by atoms with van der Waals surface area (Å²) in [5.74, 6) is 0. The summed E-state index contributed by atoms with van der Waals surface area (Å²) in [7, 11) is 0. The number of alkyl halides is 1. The number of aryl methyl sites for hydroxylation is 1. The van der Waals surface area contributed by atoms with Crippen molar-refractivity contribution in [2.45, 2.75) is 13.1 Å². The van der Waals surface area contributed by atoms with Gasteiger partial charge in [0.05, 0.1) is 18.8 Å². The zero-order valence-electron chi connectivity index (χ0n) is 8.95. The second-order valence-corrected chi connectivity index (χ2v) is 4.11. The Morgan fingerprint density at radius 2 is 2.47 bits per heavy atom. The maximum atomic E-state index is 12.4. The van der Waals surface area contributed by atoms with E-state index in [-0.39, 0.29) is 13.1 Å². The molecule has 0 aliphatic heterocycles. The summed E-state index contributed by atoms with van der Waals surface area (Å²) in [5, 5.41) is 11.7. The van der Waals surface area contributed by atoms with Crippen LogP contribution in [0.4, 0.5) is 4.39 Å². The van der Waals surface area contributed by atoms with Crippen LogP contribution in [0.25, 0.3) is 21.7 Å². The maximum absolute atomic E-state index is 12.4. The molecule has 0 bridgehead atoms. The highest BCUT2D eigenvalue weighted by molar-refractivity contribution is 7.08. The Morgan fingerprint density at radius 1 is 1.59 bits per heavy atom. The minimum atomic E-state index is -0.492. The van der Waals surface area contributed by atoms with Gasteiger partial charge in [-0.05, 0) is 23.0 Å². The molecule has 0 aromatic carbocycles. The van der Waals surface area contributed by atoms with E-state index in [1.54, 1.807) is 16.0 Å². The summed E-state index contributed by atoms with van der Waals surface area (Å²) in [6.07, 6.45) is 0. The molecule has 0 fully saturated rings. The first-order chi connectivity index (χ1) is 8.35. The lowest BCUT2D eigenvalue weighted by Gasteiger charge is -2.00. The zero-order valence-corrected chi connectivity index (χ0v) is 9.77. The van der Waals surface area contributed by atoms with Gasteiger partial charge in [0.15, 0.2) is 0 Å².